The van der Waals surface area contributed by atoms with E-state index in [2.05, 4.69) is 48.1 Å². The van der Waals surface area contributed by atoms with Crippen molar-refractivity contribution >= 4 is 39.0 Å². The SMILES string of the molecule is CC.COC(=O)NCCCn1c(-c2ccc(Br)cc2)csc1=Nc1ccccc1. The number of carbonyl (C=O) groups excluding carboxylic acids is 1. The molecule has 7 heteroatoms. The molecule has 0 atom stereocenters. The van der Waals surface area contributed by atoms with Crippen LogP contribution >= 0.6 is 27.3 Å². The summed E-state index contributed by atoms with van der Waals surface area (Å²) in [6, 6.07) is 18.1. The third kappa shape index (κ3) is 6.87. The third-order valence-electron chi connectivity index (χ3n) is 3.93. The normalized spacial score (nSPS) is 10.8. The Morgan fingerprint density at radius 3 is 2.48 bits per heavy atom. The number of alkyl carbamates (subject to hydrolysis) is 1. The zero-order chi connectivity index (χ0) is 21.1. The van der Waals surface area contributed by atoms with Gasteiger partial charge in [0.25, 0.3) is 0 Å². The molecule has 0 saturated heterocycles. The fourth-order valence-electron chi connectivity index (χ4n) is 2.60. The van der Waals surface area contributed by atoms with Crippen LogP contribution in [0, 0.1) is 0 Å². The number of benzene rings is 2. The molecule has 0 aliphatic carbocycles. The number of methoxy groups -OCH3 is 1. The van der Waals surface area contributed by atoms with E-state index in [4.69, 9.17) is 4.99 Å². The summed E-state index contributed by atoms with van der Waals surface area (Å²) in [5.74, 6) is 0. The molecule has 0 aliphatic rings. The van der Waals surface area contributed by atoms with E-state index in [0.29, 0.717) is 6.54 Å². The smallest absolute Gasteiger partial charge is 0.406 e. The number of nitrogens with zero attached hydrogens (tertiary/aromatic N) is 2. The molecule has 2 aromatic carbocycles. The molecule has 0 radical (unpaired) electrons. The summed E-state index contributed by atoms with van der Waals surface area (Å²) in [6.07, 6.45) is 0.366. The number of aromatic nitrogens is 1. The van der Waals surface area contributed by atoms with Crippen molar-refractivity contribution in [2.24, 2.45) is 4.99 Å². The van der Waals surface area contributed by atoms with Crippen LogP contribution in [-0.2, 0) is 11.3 Å². The zero-order valence-electron chi connectivity index (χ0n) is 16.9. The average molecular weight is 476 g/mol. The summed E-state index contributed by atoms with van der Waals surface area (Å²) in [6.45, 7) is 5.28. The molecule has 0 unspecified atom stereocenters. The van der Waals surface area contributed by atoms with Gasteiger partial charge in [0.15, 0.2) is 4.80 Å². The quantitative estimate of drug-likeness (QED) is 0.445. The van der Waals surface area contributed by atoms with E-state index in [1.165, 1.54) is 7.11 Å². The summed E-state index contributed by atoms with van der Waals surface area (Å²) < 4.78 is 7.86. The molecule has 5 nitrogen and oxygen atoms in total. The first-order valence-electron chi connectivity index (χ1n) is 9.53. The highest BCUT2D eigenvalue weighted by Crippen LogP contribution is 2.23. The number of hydrogen-bond acceptors (Lipinski definition) is 4. The van der Waals surface area contributed by atoms with Crippen LogP contribution < -0.4 is 10.1 Å². The van der Waals surface area contributed by atoms with Gasteiger partial charge < -0.3 is 14.6 Å². The van der Waals surface area contributed by atoms with Crippen LogP contribution in [0.25, 0.3) is 11.3 Å². The van der Waals surface area contributed by atoms with Crippen molar-refractivity contribution in [2.75, 3.05) is 13.7 Å². The van der Waals surface area contributed by atoms with Crippen molar-refractivity contribution in [1.29, 1.82) is 0 Å². The molecular weight excluding hydrogens is 450 g/mol. The van der Waals surface area contributed by atoms with Gasteiger partial charge in [-0.05, 0) is 36.2 Å². The number of thiazole rings is 1. The van der Waals surface area contributed by atoms with Gasteiger partial charge in [-0.3, -0.25) is 0 Å². The first kappa shape index (κ1) is 22.9. The number of nitrogens with one attached hydrogen (secondary N) is 1. The number of halogens is 1. The summed E-state index contributed by atoms with van der Waals surface area (Å²) in [7, 11) is 1.37. The lowest BCUT2D eigenvalue weighted by Crippen LogP contribution is -2.26. The molecule has 154 valence electrons. The number of hydrogen-bond donors (Lipinski definition) is 1. The number of carbonyl (C=O) groups is 1. The van der Waals surface area contributed by atoms with Crippen LogP contribution in [-0.4, -0.2) is 24.3 Å². The predicted molar refractivity (Wildman–Crippen MR) is 123 cm³/mol. The van der Waals surface area contributed by atoms with E-state index in [1.807, 2.05) is 56.3 Å². The fourth-order valence-corrected chi connectivity index (χ4v) is 3.82. The first-order chi connectivity index (χ1) is 14.2. The standard InChI is InChI=1S/C20H20BrN3O2S.C2H6/c1-26-20(25)22-12-5-13-24-18(15-8-10-16(21)11-9-15)14-27-19(24)23-17-6-3-2-4-7-17;1-2/h2-4,6-11,14H,5,12-13H2,1H3,(H,22,25);1-2H3. The second-order valence-corrected chi connectivity index (χ2v) is 7.53. The highest BCUT2D eigenvalue weighted by molar-refractivity contribution is 9.10. The van der Waals surface area contributed by atoms with E-state index in [0.717, 1.165) is 39.2 Å². The van der Waals surface area contributed by atoms with Crippen LogP contribution in [0.2, 0.25) is 0 Å². The van der Waals surface area contributed by atoms with Gasteiger partial charge in [-0.25, -0.2) is 9.79 Å². The van der Waals surface area contributed by atoms with Crippen LogP contribution in [0.4, 0.5) is 10.5 Å². The van der Waals surface area contributed by atoms with Gasteiger partial charge in [-0.15, -0.1) is 11.3 Å². The Hall–Kier alpha value is -2.38. The molecule has 1 aromatic heterocycles. The third-order valence-corrected chi connectivity index (χ3v) is 5.32. The molecule has 0 saturated carbocycles. The number of para-hydroxylation sites is 1. The molecule has 0 spiro atoms. The van der Waals surface area contributed by atoms with Gasteiger partial charge in [0.05, 0.1) is 18.5 Å². The fraction of sp³-hybridized carbons (Fsp3) is 0.273. The molecule has 0 aliphatic heterocycles. The molecule has 0 fully saturated rings. The summed E-state index contributed by atoms with van der Waals surface area (Å²) >= 11 is 5.09. The van der Waals surface area contributed by atoms with E-state index in [-0.39, 0.29) is 0 Å². The van der Waals surface area contributed by atoms with Gasteiger partial charge in [-0.1, -0.05) is 60.1 Å². The minimum absolute atomic E-state index is 0.410. The lowest BCUT2D eigenvalue weighted by atomic mass is 10.2. The average Bonchev–Trinajstić information content (AvgIpc) is 3.16. The minimum Gasteiger partial charge on any atom is -0.453 e. The first-order valence-corrected chi connectivity index (χ1v) is 11.2. The van der Waals surface area contributed by atoms with Crippen molar-refractivity contribution in [3.63, 3.8) is 0 Å². The zero-order valence-corrected chi connectivity index (χ0v) is 19.3. The van der Waals surface area contributed by atoms with E-state index in [9.17, 15) is 4.79 Å². The highest BCUT2D eigenvalue weighted by atomic mass is 79.9. The molecule has 1 heterocycles. The molecule has 3 aromatic rings. The topological polar surface area (TPSA) is 55.6 Å². The second-order valence-electron chi connectivity index (χ2n) is 5.78. The minimum atomic E-state index is -0.410. The number of rotatable bonds is 6. The lowest BCUT2D eigenvalue weighted by Gasteiger charge is -2.10. The van der Waals surface area contributed by atoms with Crippen molar-refractivity contribution in [3.05, 3.63) is 69.3 Å². The molecule has 0 bridgehead atoms. The lowest BCUT2D eigenvalue weighted by molar-refractivity contribution is 0.171. The Bertz CT molecular complexity index is 950. The number of ether oxygens (including phenoxy) is 1. The molecular formula is C22H26BrN3O2S. The van der Waals surface area contributed by atoms with E-state index < -0.39 is 6.09 Å². The van der Waals surface area contributed by atoms with Crippen LogP contribution in [0.1, 0.15) is 20.3 Å². The monoisotopic (exact) mass is 475 g/mol. The maximum absolute atomic E-state index is 11.2. The van der Waals surface area contributed by atoms with Gasteiger partial charge >= 0.3 is 6.09 Å². The predicted octanol–water partition coefficient (Wildman–Crippen LogP) is 5.98. The van der Waals surface area contributed by atoms with Crippen molar-refractivity contribution in [2.45, 2.75) is 26.8 Å². The summed E-state index contributed by atoms with van der Waals surface area (Å²) in [5, 5.41) is 4.85. The Morgan fingerprint density at radius 1 is 1.14 bits per heavy atom. The van der Waals surface area contributed by atoms with Crippen molar-refractivity contribution in [3.8, 4) is 11.3 Å². The largest absolute Gasteiger partial charge is 0.453 e. The summed E-state index contributed by atoms with van der Waals surface area (Å²) in [5.41, 5.74) is 3.16. The van der Waals surface area contributed by atoms with Gasteiger partial charge in [0, 0.05) is 22.9 Å². The van der Waals surface area contributed by atoms with Crippen molar-refractivity contribution < 1.29 is 9.53 Å². The van der Waals surface area contributed by atoms with Crippen LogP contribution in [0.5, 0.6) is 0 Å². The van der Waals surface area contributed by atoms with Gasteiger partial charge in [-0.2, -0.15) is 0 Å². The maximum Gasteiger partial charge on any atom is 0.406 e. The van der Waals surface area contributed by atoms with Crippen molar-refractivity contribution in [1.82, 2.24) is 9.88 Å². The van der Waals surface area contributed by atoms with E-state index in [1.54, 1.807) is 11.3 Å². The highest BCUT2D eigenvalue weighted by Gasteiger charge is 2.09. The molecule has 3 rings (SSSR count). The van der Waals surface area contributed by atoms with E-state index >= 15 is 0 Å². The molecule has 1 amide bonds. The van der Waals surface area contributed by atoms with Gasteiger partial charge in [0.2, 0.25) is 0 Å². The Kier molecular flexibility index (Phi) is 9.67. The van der Waals surface area contributed by atoms with Crippen LogP contribution in [0.3, 0.4) is 0 Å². The summed E-state index contributed by atoms with van der Waals surface area (Å²) in [4.78, 5) is 17.0. The Labute approximate surface area is 184 Å². The Balaban J connectivity index is 0.00000145. The second kappa shape index (κ2) is 12.2. The Morgan fingerprint density at radius 2 is 1.83 bits per heavy atom. The van der Waals surface area contributed by atoms with Gasteiger partial charge in [0.1, 0.15) is 0 Å². The van der Waals surface area contributed by atoms with Crippen LogP contribution in [0.15, 0.2) is 69.4 Å². The number of amides is 1. The maximum atomic E-state index is 11.2. The molecule has 29 heavy (non-hydrogen) atoms. The molecule has 1 N–H and O–H groups in total.